The van der Waals surface area contributed by atoms with E-state index in [1.807, 2.05) is 0 Å². The molecule has 1 rings (SSSR count). The number of carbonyl (C=O) groups excluding carboxylic acids is 1. The van der Waals surface area contributed by atoms with Gasteiger partial charge in [0, 0.05) is 5.69 Å². The van der Waals surface area contributed by atoms with Crippen molar-refractivity contribution in [2.75, 3.05) is 5.32 Å². The van der Waals surface area contributed by atoms with Crippen molar-refractivity contribution in [3.8, 4) is 18.1 Å². The fourth-order valence-electron chi connectivity index (χ4n) is 1.19. The lowest BCUT2D eigenvalue weighted by Crippen LogP contribution is -2.35. The molecule has 4 N–H and O–H groups in total. The topological polar surface area (TPSA) is 98.7 Å². The Labute approximate surface area is 104 Å². The number of rotatable bonds is 3. The van der Waals surface area contributed by atoms with Gasteiger partial charge in [-0.05, 0) is 25.1 Å². The van der Waals surface area contributed by atoms with Crippen LogP contribution in [0.25, 0.3) is 0 Å². The van der Waals surface area contributed by atoms with Crippen LogP contribution < -0.4 is 10.6 Å². The van der Waals surface area contributed by atoms with Crippen molar-refractivity contribution in [1.82, 2.24) is 5.32 Å². The van der Waals surface area contributed by atoms with Crippen molar-refractivity contribution < 1.29 is 19.8 Å². The van der Waals surface area contributed by atoms with Crippen LogP contribution in [0.4, 0.5) is 10.5 Å². The van der Waals surface area contributed by atoms with E-state index in [4.69, 9.17) is 11.5 Å². The van der Waals surface area contributed by atoms with Crippen LogP contribution in [0.1, 0.15) is 17.3 Å². The van der Waals surface area contributed by atoms with Crippen molar-refractivity contribution in [1.29, 1.82) is 0 Å². The van der Waals surface area contributed by atoms with Crippen molar-refractivity contribution >= 4 is 17.7 Å². The second-order valence-corrected chi connectivity index (χ2v) is 3.52. The minimum absolute atomic E-state index is 0.243. The van der Waals surface area contributed by atoms with Gasteiger partial charge < -0.3 is 20.8 Å². The van der Waals surface area contributed by atoms with E-state index in [9.17, 15) is 14.7 Å². The largest absolute Gasteiger partial charge is 0.507 e. The molecular weight excluding hydrogens is 236 g/mol. The van der Waals surface area contributed by atoms with Crippen LogP contribution in [-0.2, 0) is 0 Å². The van der Waals surface area contributed by atoms with Crippen molar-refractivity contribution in [2.45, 2.75) is 13.0 Å². The molecule has 0 spiro atoms. The van der Waals surface area contributed by atoms with Gasteiger partial charge in [-0.1, -0.05) is 5.92 Å². The van der Waals surface area contributed by atoms with Gasteiger partial charge in [-0.25, -0.2) is 9.59 Å². The summed E-state index contributed by atoms with van der Waals surface area (Å²) >= 11 is 0. The van der Waals surface area contributed by atoms with Gasteiger partial charge in [-0.2, -0.15) is 0 Å². The van der Waals surface area contributed by atoms with Crippen LogP contribution in [0.3, 0.4) is 0 Å². The number of anilines is 1. The molecule has 0 saturated carbocycles. The number of hydrogen-bond acceptors (Lipinski definition) is 3. The van der Waals surface area contributed by atoms with Gasteiger partial charge in [-0.15, -0.1) is 6.42 Å². The Hall–Kier alpha value is -2.68. The molecule has 0 heterocycles. The summed E-state index contributed by atoms with van der Waals surface area (Å²) in [7, 11) is 0. The first-order valence-electron chi connectivity index (χ1n) is 5.04. The molecule has 94 valence electrons. The van der Waals surface area contributed by atoms with Crippen LogP contribution in [-0.4, -0.2) is 28.3 Å². The number of benzene rings is 1. The SMILES string of the molecule is C#CC(C)NC(=O)Nc1ccc(O)c(C(=O)O)c1. The van der Waals surface area contributed by atoms with Crippen LogP contribution >= 0.6 is 0 Å². The Balaban J connectivity index is 2.80. The molecule has 0 aliphatic heterocycles. The van der Waals surface area contributed by atoms with Crippen molar-refractivity contribution in [3.05, 3.63) is 23.8 Å². The molecule has 0 aliphatic carbocycles. The van der Waals surface area contributed by atoms with E-state index < -0.39 is 18.0 Å². The summed E-state index contributed by atoms with van der Waals surface area (Å²) in [4.78, 5) is 22.2. The minimum Gasteiger partial charge on any atom is -0.507 e. The molecule has 0 fully saturated rings. The summed E-state index contributed by atoms with van der Waals surface area (Å²) in [6.45, 7) is 1.62. The van der Waals surface area contributed by atoms with Gasteiger partial charge in [0.15, 0.2) is 0 Å². The van der Waals surface area contributed by atoms with Gasteiger partial charge in [0.05, 0.1) is 6.04 Å². The number of nitrogens with one attached hydrogen (secondary N) is 2. The molecule has 18 heavy (non-hydrogen) atoms. The molecule has 1 atom stereocenters. The van der Waals surface area contributed by atoms with Crippen LogP contribution in [0, 0.1) is 12.3 Å². The predicted octanol–water partition coefficient (Wildman–Crippen LogP) is 1.23. The van der Waals surface area contributed by atoms with Crippen LogP contribution in [0.2, 0.25) is 0 Å². The van der Waals surface area contributed by atoms with E-state index in [0.29, 0.717) is 0 Å². The van der Waals surface area contributed by atoms with Crippen molar-refractivity contribution in [3.63, 3.8) is 0 Å². The summed E-state index contributed by atoms with van der Waals surface area (Å²) < 4.78 is 0. The highest BCUT2D eigenvalue weighted by Gasteiger charge is 2.11. The lowest BCUT2D eigenvalue weighted by atomic mass is 10.2. The molecule has 2 amide bonds. The van der Waals surface area contributed by atoms with E-state index in [2.05, 4.69) is 16.6 Å². The molecule has 1 unspecified atom stereocenters. The number of aromatic carboxylic acids is 1. The molecule has 0 radical (unpaired) electrons. The summed E-state index contributed by atoms with van der Waals surface area (Å²) in [5, 5.41) is 22.9. The second kappa shape index (κ2) is 5.59. The van der Waals surface area contributed by atoms with Gasteiger partial charge in [0.25, 0.3) is 0 Å². The maximum atomic E-state index is 11.4. The van der Waals surface area contributed by atoms with Crippen LogP contribution in [0.5, 0.6) is 5.75 Å². The third kappa shape index (κ3) is 3.42. The number of carbonyl (C=O) groups is 2. The zero-order chi connectivity index (χ0) is 13.7. The number of carboxylic acids is 1. The van der Waals surface area contributed by atoms with Gasteiger partial charge in [0.2, 0.25) is 0 Å². The van der Waals surface area contributed by atoms with E-state index in [0.717, 1.165) is 6.07 Å². The maximum absolute atomic E-state index is 11.4. The highest BCUT2D eigenvalue weighted by molar-refractivity contribution is 5.95. The zero-order valence-electron chi connectivity index (χ0n) is 9.60. The third-order valence-corrected chi connectivity index (χ3v) is 2.08. The highest BCUT2D eigenvalue weighted by Crippen LogP contribution is 2.21. The van der Waals surface area contributed by atoms with E-state index in [-0.39, 0.29) is 17.0 Å². The summed E-state index contributed by atoms with van der Waals surface area (Å²) in [6.07, 6.45) is 5.09. The molecular formula is C12H12N2O4. The Morgan fingerprint density at radius 2 is 2.11 bits per heavy atom. The smallest absolute Gasteiger partial charge is 0.339 e. The van der Waals surface area contributed by atoms with E-state index in [1.54, 1.807) is 6.92 Å². The zero-order valence-corrected chi connectivity index (χ0v) is 9.60. The first-order valence-corrected chi connectivity index (χ1v) is 5.04. The molecule has 0 saturated heterocycles. The number of amides is 2. The normalized spacial score (nSPS) is 11.1. The molecule has 0 bridgehead atoms. The fourth-order valence-corrected chi connectivity index (χ4v) is 1.19. The lowest BCUT2D eigenvalue weighted by molar-refractivity contribution is 0.0693. The lowest BCUT2D eigenvalue weighted by Gasteiger charge is -2.10. The predicted molar refractivity (Wildman–Crippen MR) is 65.5 cm³/mol. The molecule has 6 nitrogen and oxygen atoms in total. The number of carboxylic acid groups (broad SMARTS) is 1. The highest BCUT2D eigenvalue weighted by atomic mass is 16.4. The molecule has 1 aromatic carbocycles. The first kappa shape index (κ1) is 13.4. The summed E-state index contributed by atoms with van der Waals surface area (Å²) in [5.74, 6) is 0.661. The van der Waals surface area contributed by atoms with E-state index >= 15 is 0 Å². The van der Waals surface area contributed by atoms with Crippen LogP contribution in [0.15, 0.2) is 18.2 Å². The van der Waals surface area contributed by atoms with E-state index in [1.165, 1.54) is 12.1 Å². The molecule has 1 aromatic rings. The minimum atomic E-state index is -1.28. The fraction of sp³-hybridized carbons (Fsp3) is 0.167. The number of aromatic hydroxyl groups is 1. The second-order valence-electron chi connectivity index (χ2n) is 3.52. The molecule has 6 heteroatoms. The Morgan fingerprint density at radius 3 is 2.67 bits per heavy atom. The van der Waals surface area contributed by atoms with Gasteiger partial charge in [-0.3, -0.25) is 0 Å². The summed E-state index contributed by atoms with van der Waals surface area (Å²) in [5.41, 5.74) is -0.0512. The number of phenols is 1. The summed E-state index contributed by atoms with van der Waals surface area (Å²) in [6, 6.07) is 2.71. The Bertz CT molecular complexity index is 519. The maximum Gasteiger partial charge on any atom is 0.339 e. The third-order valence-electron chi connectivity index (χ3n) is 2.08. The quantitative estimate of drug-likeness (QED) is 0.477. The molecule has 0 aromatic heterocycles. The van der Waals surface area contributed by atoms with Crippen molar-refractivity contribution in [2.24, 2.45) is 0 Å². The monoisotopic (exact) mass is 248 g/mol. The Kier molecular flexibility index (Phi) is 4.16. The standard InChI is InChI=1S/C12H12N2O4/c1-3-7(2)13-12(18)14-8-4-5-10(15)9(6-8)11(16)17/h1,4-7,15H,2H3,(H,16,17)(H2,13,14,18). The first-order chi connectivity index (χ1) is 8.43. The average molecular weight is 248 g/mol. The van der Waals surface area contributed by atoms with Gasteiger partial charge >= 0.3 is 12.0 Å². The number of urea groups is 1. The Morgan fingerprint density at radius 1 is 1.44 bits per heavy atom. The molecule has 0 aliphatic rings. The van der Waals surface area contributed by atoms with Gasteiger partial charge in [0.1, 0.15) is 11.3 Å². The average Bonchev–Trinajstić information content (AvgIpc) is 2.31. The number of terminal acetylenes is 1. The number of hydrogen-bond donors (Lipinski definition) is 4.